The van der Waals surface area contributed by atoms with E-state index in [4.69, 9.17) is 5.11 Å². The summed E-state index contributed by atoms with van der Waals surface area (Å²) in [4.78, 5) is 0. The van der Waals surface area contributed by atoms with Crippen molar-refractivity contribution < 1.29 is 5.11 Å². The van der Waals surface area contributed by atoms with Gasteiger partial charge in [-0.2, -0.15) is 0 Å². The van der Waals surface area contributed by atoms with Crippen LogP contribution in [-0.2, 0) is 6.42 Å². The lowest BCUT2D eigenvalue weighted by Crippen LogP contribution is -1.86. The van der Waals surface area contributed by atoms with Gasteiger partial charge in [-0.25, -0.2) is 0 Å². The molecule has 2 aromatic carbocycles. The zero-order chi connectivity index (χ0) is 19.4. The lowest BCUT2D eigenvalue weighted by Gasteiger charge is -2.03. The van der Waals surface area contributed by atoms with E-state index in [-0.39, 0.29) is 0 Å². The van der Waals surface area contributed by atoms with E-state index in [9.17, 15) is 0 Å². The fourth-order valence-corrected chi connectivity index (χ4v) is 3.24. The second-order valence-electron chi connectivity index (χ2n) is 7.46. The second-order valence-corrected chi connectivity index (χ2v) is 7.46. The molecule has 0 radical (unpaired) electrons. The number of benzene rings is 2. The molecule has 0 aromatic heterocycles. The molecule has 1 N–H and O–H groups in total. The molecule has 1 nitrogen and oxygen atoms in total. The summed E-state index contributed by atoms with van der Waals surface area (Å²) in [7, 11) is 0. The number of hydrogen-bond acceptors (Lipinski definition) is 1. The first kappa shape index (κ1) is 23.3. The summed E-state index contributed by atoms with van der Waals surface area (Å²) in [6.45, 7) is 2.29. The van der Waals surface area contributed by atoms with Gasteiger partial charge in [-0.1, -0.05) is 126 Å². The minimum atomic E-state index is 0.322. The Hall–Kier alpha value is -1.76. The highest BCUT2D eigenvalue weighted by Crippen LogP contribution is 2.13. The summed E-state index contributed by atoms with van der Waals surface area (Å²) >= 11 is 0. The van der Waals surface area contributed by atoms with Crippen LogP contribution in [0.3, 0.4) is 0 Å². The molecule has 0 aliphatic rings. The first-order chi connectivity index (χ1) is 13.3. The molecule has 0 heterocycles. The van der Waals surface area contributed by atoms with Gasteiger partial charge < -0.3 is 5.11 Å². The van der Waals surface area contributed by atoms with Crippen molar-refractivity contribution in [2.75, 3.05) is 0 Å². The predicted molar refractivity (Wildman–Crippen MR) is 119 cm³/mol. The van der Waals surface area contributed by atoms with E-state index in [1.165, 1.54) is 89.0 Å². The van der Waals surface area contributed by atoms with E-state index >= 15 is 0 Å². The molecule has 2 rings (SSSR count). The van der Waals surface area contributed by atoms with E-state index in [0.29, 0.717) is 5.75 Å². The molecule has 0 spiro atoms. The summed E-state index contributed by atoms with van der Waals surface area (Å²) in [6.07, 6.45) is 18.5. The fourth-order valence-electron chi connectivity index (χ4n) is 3.24. The van der Waals surface area contributed by atoms with Crippen LogP contribution in [-0.4, -0.2) is 5.11 Å². The molecular weight excluding hydrogens is 328 g/mol. The van der Waals surface area contributed by atoms with Crippen molar-refractivity contribution in [1.29, 1.82) is 0 Å². The van der Waals surface area contributed by atoms with E-state index < -0.39 is 0 Å². The molecule has 0 fully saturated rings. The van der Waals surface area contributed by atoms with Gasteiger partial charge in [-0.05, 0) is 30.5 Å². The Bertz CT molecular complexity index is 520. The van der Waals surface area contributed by atoms with Crippen LogP contribution < -0.4 is 0 Å². The summed E-state index contributed by atoms with van der Waals surface area (Å²) in [5.74, 6) is 0.322. The maximum absolute atomic E-state index is 8.63. The molecule has 0 aliphatic heterocycles. The summed E-state index contributed by atoms with van der Waals surface area (Å²) in [6, 6.07) is 19.6. The predicted octanol–water partition coefficient (Wildman–Crippen LogP) is 8.32. The van der Waals surface area contributed by atoms with E-state index in [1.807, 2.05) is 6.07 Å². The molecule has 0 saturated carbocycles. The van der Waals surface area contributed by atoms with Crippen molar-refractivity contribution in [1.82, 2.24) is 0 Å². The van der Waals surface area contributed by atoms with Crippen molar-refractivity contribution in [3.8, 4) is 5.75 Å². The number of unbranched alkanes of at least 4 members (excludes halogenated alkanes) is 11. The van der Waals surface area contributed by atoms with Crippen LogP contribution in [0.25, 0.3) is 0 Å². The van der Waals surface area contributed by atoms with Crippen LogP contribution in [0.15, 0.2) is 60.7 Å². The lowest BCUT2D eigenvalue weighted by molar-refractivity contribution is 0.475. The number of para-hydroxylation sites is 1. The molecule has 1 heteroatoms. The van der Waals surface area contributed by atoms with Gasteiger partial charge in [-0.3, -0.25) is 0 Å². The normalized spacial score (nSPS) is 10.3. The zero-order valence-electron chi connectivity index (χ0n) is 17.4. The highest BCUT2D eigenvalue weighted by atomic mass is 16.3. The number of aromatic hydroxyl groups is 1. The standard InChI is InChI=1S/C20H34.C6H6O/c1-2-3-4-5-6-7-8-9-10-11-12-14-17-20-18-15-13-16-19-20;7-6-4-2-1-3-5-6/h13,15-16,18-19H,2-12,14,17H2,1H3;1-5,7H. The summed E-state index contributed by atoms with van der Waals surface area (Å²) < 4.78 is 0. The van der Waals surface area contributed by atoms with E-state index in [2.05, 4.69) is 37.3 Å². The molecule has 2 aromatic rings. The highest BCUT2D eigenvalue weighted by molar-refractivity contribution is 5.18. The lowest BCUT2D eigenvalue weighted by atomic mass is 10.0. The summed E-state index contributed by atoms with van der Waals surface area (Å²) in [5, 5.41) is 8.63. The highest BCUT2D eigenvalue weighted by Gasteiger charge is 1.94. The van der Waals surface area contributed by atoms with Crippen LogP contribution in [0.5, 0.6) is 5.75 Å². The number of hydrogen-bond donors (Lipinski definition) is 1. The Morgan fingerprint density at radius 3 is 1.33 bits per heavy atom. The molecule has 0 aliphatic carbocycles. The summed E-state index contributed by atoms with van der Waals surface area (Å²) in [5.41, 5.74) is 1.50. The van der Waals surface area contributed by atoms with Gasteiger partial charge in [0.15, 0.2) is 0 Å². The van der Waals surface area contributed by atoms with Crippen LogP contribution in [0.2, 0.25) is 0 Å². The molecule has 150 valence electrons. The zero-order valence-corrected chi connectivity index (χ0v) is 17.4. The molecule has 0 atom stereocenters. The molecule has 0 amide bonds. The monoisotopic (exact) mass is 368 g/mol. The first-order valence-corrected chi connectivity index (χ1v) is 11.1. The fraction of sp³-hybridized carbons (Fsp3) is 0.538. The number of phenols is 1. The van der Waals surface area contributed by atoms with Crippen molar-refractivity contribution in [3.05, 3.63) is 66.2 Å². The average molecular weight is 369 g/mol. The minimum Gasteiger partial charge on any atom is -0.508 e. The average Bonchev–Trinajstić information content (AvgIpc) is 2.71. The molecule has 27 heavy (non-hydrogen) atoms. The van der Waals surface area contributed by atoms with Gasteiger partial charge in [0.25, 0.3) is 0 Å². The third-order valence-electron chi connectivity index (χ3n) is 4.92. The Kier molecular flexibility index (Phi) is 15.2. The SMILES string of the molecule is CCCCCCCCCCCCCCc1ccccc1.Oc1ccccc1. The van der Waals surface area contributed by atoms with Gasteiger partial charge in [0, 0.05) is 0 Å². The van der Waals surface area contributed by atoms with Crippen molar-refractivity contribution in [3.63, 3.8) is 0 Å². The second kappa shape index (κ2) is 17.6. The third kappa shape index (κ3) is 15.0. The minimum absolute atomic E-state index is 0.322. The Morgan fingerprint density at radius 2 is 0.926 bits per heavy atom. The molecule has 0 unspecified atom stereocenters. The van der Waals surface area contributed by atoms with Crippen molar-refractivity contribution in [2.24, 2.45) is 0 Å². The Labute approximate surface area is 167 Å². The van der Waals surface area contributed by atoms with E-state index in [0.717, 1.165) is 0 Å². The van der Waals surface area contributed by atoms with Gasteiger partial charge in [-0.15, -0.1) is 0 Å². The van der Waals surface area contributed by atoms with Crippen LogP contribution >= 0.6 is 0 Å². The van der Waals surface area contributed by atoms with Crippen molar-refractivity contribution >= 4 is 0 Å². The largest absolute Gasteiger partial charge is 0.508 e. The van der Waals surface area contributed by atoms with Gasteiger partial charge >= 0.3 is 0 Å². The van der Waals surface area contributed by atoms with Crippen LogP contribution in [0.1, 0.15) is 89.5 Å². The smallest absolute Gasteiger partial charge is 0.115 e. The van der Waals surface area contributed by atoms with Gasteiger partial charge in [0.05, 0.1) is 0 Å². The molecule has 0 saturated heterocycles. The molecular formula is C26H40O. The third-order valence-corrected chi connectivity index (χ3v) is 4.92. The maximum atomic E-state index is 8.63. The van der Waals surface area contributed by atoms with E-state index in [1.54, 1.807) is 24.3 Å². The Morgan fingerprint density at radius 1 is 0.519 bits per heavy atom. The Balaban J connectivity index is 0.000000433. The van der Waals surface area contributed by atoms with Crippen LogP contribution in [0.4, 0.5) is 0 Å². The number of phenolic OH excluding ortho intramolecular Hbond substituents is 1. The number of aryl methyl sites for hydroxylation is 1. The van der Waals surface area contributed by atoms with Crippen LogP contribution in [0, 0.1) is 0 Å². The van der Waals surface area contributed by atoms with Gasteiger partial charge in [0.1, 0.15) is 5.75 Å². The van der Waals surface area contributed by atoms with Gasteiger partial charge in [0.2, 0.25) is 0 Å². The van der Waals surface area contributed by atoms with Crippen molar-refractivity contribution in [2.45, 2.75) is 90.4 Å². The maximum Gasteiger partial charge on any atom is 0.115 e. The topological polar surface area (TPSA) is 20.2 Å². The molecule has 0 bridgehead atoms. The quantitative estimate of drug-likeness (QED) is 0.352. The number of rotatable bonds is 13. The first-order valence-electron chi connectivity index (χ1n) is 11.1.